The number of nitrogen functional groups attached to an aromatic ring is 1. The number of nitrogens with one attached hydrogen (secondary N) is 1. The highest BCUT2D eigenvalue weighted by molar-refractivity contribution is 7.57. The number of rotatable bonds is 15. The molecule has 1 aromatic carbocycles. The summed E-state index contributed by atoms with van der Waals surface area (Å²) in [4.78, 5) is 20.6. The van der Waals surface area contributed by atoms with E-state index in [0.717, 1.165) is 12.8 Å². The highest BCUT2D eigenvalue weighted by Crippen LogP contribution is 2.44. The summed E-state index contributed by atoms with van der Waals surface area (Å²) in [6, 6.07) is 9.55. The van der Waals surface area contributed by atoms with Gasteiger partial charge in [0.25, 0.3) is 0 Å². The van der Waals surface area contributed by atoms with Crippen LogP contribution in [0.4, 0.5) is 5.82 Å². The van der Waals surface area contributed by atoms with Gasteiger partial charge >= 0.3 is 19.5 Å². The molecule has 11 heteroatoms. The first-order valence-electron chi connectivity index (χ1n) is 11.3. The van der Waals surface area contributed by atoms with Gasteiger partial charge in [0.1, 0.15) is 30.6 Å². The second kappa shape index (κ2) is 13.9. The Labute approximate surface area is 201 Å². The fraction of sp³-hybridized carbons (Fsp3) is 0.522. The van der Waals surface area contributed by atoms with Gasteiger partial charge in [-0.2, -0.15) is 4.98 Å². The van der Waals surface area contributed by atoms with E-state index in [2.05, 4.69) is 15.1 Å². The normalized spacial score (nSPS) is 14.7. The molecule has 3 atom stereocenters. The summed E-state index contributed by atoms with van der Waals surface area (Å²) < 4.78 is 36.3. The molecule has 1 aromatic heterocycles. The molecule has 0 aliphatic rings. The van der Waals surface area contributed by atoms with E-state index in [-0.39, 0.29) is 30.7 Å². The Morgan fingerprint density at radius 1 is 1.18 bits per heavy atom. The molecule has 0 aliphatic heterocycles. The maximum atomic E-state index is 13.8. The predicted molar refractivity (Wildman–Crippen MR) is 130 cm³/mol. The lowest BCUT2D eigenvalue weighted by molar-refractivity contribution is -0.147. The van der Waals surface area contributed by atoms with E-state index in [1.807, 2.05) is 26.8 Å². The zero-order valence-corrected chi connectivity index (χ0v) is 21.1. The Bertz CT molecular complexity index is 931. The van der Waals surface area contributed by atoms with Crippen molar-refractivity contribution in [2.24, 2.45) is 5.92 Å². The van der Waals surface area contributed by atoms with Crippen LogP contribution in [0.25, 0.3) is 0 Å². The van der Waals surface area contributed by atoms with Gasteiger partial charge in [0.15, 0.2) is 0 Å². The number of esters is 1. The van der Waals surface area contributed by atoms with Crippen molar-refractivity contribution in [3.8, 4) is 11.8 Å². The molecule has 0 aliphatic carbocycles. The summed E-state index contributed by atoms with van der Waals surface area (Å²) in [5.74, 6) is 0.00809. The summed E-state index contributed by atoms with van der Waals surface area (Å²) in [7, 11) is -3.68. The van der Waals surface area contributed by atoms with Crippen LogP contribution in [0.3, 0.4) is 0 Å². The van der Waals surface area contributed by atoms with E-state index in [4.69, 9.17) is 24.5 Å². The summed E-state index contributed by atoms with van der Waals surface area (Å²) >= 11 is 0. The minimum absolute atomic E-state index is 0.0987. The SMILES string of the molecule is CCCCOC(=O)[C@@H](NP(=O)(COC(C)COc1nccc(N)n1)Oc1ccccc1)C(C)C. The van der Waals surface area contributed by atoms with E-state index in [0.29, 0.717) is 12.4 Å². The van der Waals surface area contributed by atoms with Gasteiger partial charge in [0, 0.05) is 6.20 Å². The van der Waals surface area contributed by atoms with Gasteiger partial charge in [-0.3, -0.25) is 9.36 Å². The van der Waals surface area contributed by atoms with E-state index in [1.54, 1.807) is 37.3 Å². The monoisotopic (exact) mass is 494 g/mol. The molecule has 0 radical (unpaired) electrons. The van der Waals surface area contributed by atoms with Crippen LogP contribution in [0.15, 0.2) is 42.6 Å². The number of nitrogens with zero attached hydrogens (tertiary/aromatic N) is 2. The van der Waals surface area contributed by atoms with Gasteiger partial charge in [-0.1, -0.05) is 45.4 Å². The molecule has 188 valence electrons. The maximum Gasteiger partial charge on any atom is 0.342 e. The quantitative estimate of drug-likeness (QED) is 0.212. The van der Waals surface area contributed by atoms with Gasteiger partial charge in [-0.25, -0.2) is 10.1 Å². The van der Waals surface area contributed by atoms with Crippen molar-refractivity contribution in [3.05, 3.63) is 42.6 Å². The molecule has 0 saturated heterocycles. The second-order valence-corrected chi connectivity index (χ2v) is 10.2. The number of carbonyl (C=O) groups is 1. The Morgan fingerprint density at radius 2 is 1.91 bits per heavy atom. The maximum absolute atomic E-state index is 13.8. The predicted octanol–water partition coefficient (Wildman–Crippen LogP) is 4.03. The van der Waals surface area contributed by atoms with Crippen molar-refractivity contribution in [2.45, 2.75) is 52.7 Å². The zero-order valence-electron chi connectivity index (χ0n) is 20.2. The molecule has 3 N–H and O–H groups in total. The number of hydrogen-bond donors (Lipinski definition) is 2. The van der Waals surface area contributed by atoms with Gasteiger partial charge in [-0.15, -0.1) is 0 Å². The number of para-hydroxylation sites is 1. The van der Waals surface area contributed by atoms with Crippen molar-refractivity contribution < 1.29 is 28.1 Å². The first kappa shape index (κ1) is 27.6. The molecule has 2 aromatic rings. The van der Waals surface area contributed by atoms with Gasteiger partial charge in [-0.05, 0) is 37.5 Å². The number of anilines is 1. The number of nitrogens with two attached hydrogens (primary N) is 1. The molecular formula is C23H35N4O6P. The van der Waals surface area contributed by atoms with Gasteiger partial charge < -0.3 is 24.5 Å². The van der Waals surface area contributed by atoms with E-state index >= 15 is 0 Å². The third kappa shape index (κ3) is 9.67. The lowest BCUT2D eigenvalue weighted by Crippen LogP contribution is -2.42. The largest absolute Gasteiger partial charge is 0.465 e. The van der Waals surface area contributed by atoms with Crippen LogP contribution < -0.4 is 20.1 Å². The summed E-state index contributed by atoms with van der Waals surface area (Å²) in [5.41, 5.74) is 5.63. The number of aromatic nitrogens is 2. The molecule has 0 bridgehead atoms. The number of unbranched alkanes of at least 4 members (excludes halogenated alkanes) is 1. The van der Waals surface area contributed by atoms with Crippen LogP contribution in [0, 0.1) is 5.92 Å². The van der Waals surface area contributed by atoms with Gasteiger partial charge in [0.2, 0.25) is 0 Å². The summed E-state index contributed by atoms with van der Waals surface area (Å²) in [5, 5.41) is 2.89. The first-order valence-corrected chi connectivity index (χ1v) is 13.1. The minimum Gasteiger partial charge on any atom is -0.465 e. The smallest absolute Gasteiger partial charge is 0.342 e. The van der Waals surface area contributed by atoms with Crippen LogP contribution in [0.1, 0.15) is 40.5 Å². The Balaban J connectivity index is 2.07. The standard InChI is InChI=1S/C23H35N4O6P/c1-5-6-14-30-22(28)21(17(2)3)27-34(29,33-19-10-8-7-9-11-19)16-32-18(4)15-31-23-25-13-12-20(24)26-23/h7-13,17-18,21H,5-6,14-16H2,1-4H3,(H,27,29)(H2,24,25,26)/t18?,21-,34?/m0/s1. The Hall–Kier alpha value is -2.68. The van der Waals surface area contributed by atoms with Crippen molar-refractivity contribution in [1.29, 1.82) is 0 Å². The minimum atomic E-state index is -3.68. The van der Waals surface area contributed by atoms with Crippen molar-refractivity contribution >= 4 is 19.3 Å². The van der Waals surface area contributed by atoms with E-state index in [1.165, 1.54) is 6.20 Å². The van der Waals surface area contributed by atoms with E-state index in [9.17, 15) is 9.36 Å². The van der Waals surface area contributed by atoms with Crippen LogP contribution in [-0.2, 0) is 18.8 Å². The fourth-order valence-corrected chi connectivity index (χ4v) is 4.64. The average molecular weight is 495 g/mol. The first-order chi connectivity index (χ1) is 16.2. The molecule has 0 fully saturated rings. The number of hydrogen-bond acceptors (Lipinski definition) is 9. The highest BCUT2D eigenvalue weighted by atomic mass is 31.2. The second-order valence-electron chi connectivity index (χ2n) is 8.13. The number of ether oxygens (including phenoxy) is 3. The van der Waals surface area contributed by atoms with Gasteiger partial charge in [0.05, 0.1) is 12.7 Å². The van der Waals surface area contributed by atoms with E-state index < -0.39 is 25.6 Å². The molecule has 1 heterocycles. The molecule has 2 unspecified atom stereocenters. The Kier molecular flexibility index (Phi) is 11.3. The number of benzene rings is 1. The van der Waals surface area contributed by atoms with Crippen LogP contribution in [0.5, 0.6) is 11.8 Å². The van der Waals surface area contributed by atoms with Crippen molar-refractivity contribution in [3.63, 3.8) is 0 Å². The lowest BCUT2D eigenvalue weighted by Gasteiger charge is -2.28. The molecule has 2 rings (SSSR count). The molecule has 0 amide bonds. The summed E-state index contributed by atoms with van der Waals surface area (Å²) in [6.07, 6.45) is 2.37. The lowest BCUT2D eigenvalue weighted by atomic mass is 10.1. The molecule has 0 spiro atoms. The summed E-state index contributed by atoms with van der Waals surface area (Å²) in [6.45, 7) is 7.85. The van der Waals surface area contributed by atoms with Crippen LogP contribution in [-0.4, -0.2) is 47.6 Å². The van der Waals surface area contributed by atoms with Crippen molar-refractivity contribution in [2.75, 3.05) is 25.3 Å². The molecular weight excluding hydrogens is 459 g/mol. The fourth-order valence-electron chi connectivity index (χ4n) is 2.72. The zero-order chi connectivity index (χ0) is 25.0. The van der Waals surface area contributed by atoms with Crippen LogP contribution in [0.2, 0.25) is 0 Å². The number of carbonyl (C=O) groups excluding carboxylic acids is 1. The van der Waals surface area contributed by atoms with Crippen molar-refractivity contribution in [1.82, 2.24) is 15.1 Å². The molecule has 0 saturated carbocycles. The third-order valence-electron chi connectivity index (χ3n) is 4.63. The highest BCUT2D eigenvalue weighted by Gasteiger charge is 2.35. The molecule has 10 nitrogen and oxygen atoms in total. The van der Waals surface area contributed by atoms with Crippen LogP contribution >= 0.6 is 7.52 Å². The average Bonchev–Trinajstić information content (AvgIpc) is 2.80. The topological polar surface area (TPSA) is 135 Å². The third-order valence-corrected chi connectivity index (χ3v) is 6.29. The Morgan fingerprint density at radius 3 is 2.56 bits per heavy atom. The molecule has 34 heavy (non-hydrogen) atoms.